The fourth-order valence-electron chi connectivity index (χ4n) is 2.30. The van der Waals surface area contributed by atoms with Crippen LogP contribution in [0.25, 0.3) is 0 Å². The maximum absolute atomic E-state index is 3.46. The van der Waals surface area contributed by atoms with E-state index in [2.05, 4.69) is 63.5 Å². The Kier molecular flexibility index (Phi) is 8.51. The van der Waals surface area contributed by atoms with Crippen molar-refractivity contribution in [2.45, 2.75) is 80.1 Å². The molecule has 0 bridgehead atoms. The molecule has 0 atom stereocenters. The molecule has 1 heteroatoms. The third kappa shape index (κ3) is 11.3. The molecule has 0 aliphatic rings. The number of halogens is 1. The summed E-state index contributed by atoms with van der Waals surface area (Å²) in [6.07, 6.45) is 10.3. The Labute approximate surface area is 124 Å². The van der Waals surface area contributed by atoms with E-state index in [-0.39, 0.29) is 0 Å². The Balaban J connectivity index is 3.83. The minimum atomic E-state index is 0.491. The summed E-state index contributed by atoms with van der Waals surface area (Å²) in [5, 5.41) is 0.994. The molecule has 0 N–H and O–H groups in total. The van der Waals surface area contributed by atoms with Crippen molar-refractivity contribution in [2.24, 2.45) is 10.8 Å². The standard InChI is InChI=1S/C17H33Br/c1-15(10-14-18)9-7-12-17(5,6)13-8-11-16(2,3)4/h10H,7-9,11-14H2,1-6H3/b15-10+. The Hall–Kier alpha value is 0.220. The van der Waals surface area contributed by atoms with Crippen molar-refractivity contribution in [1.29, 1.82) is 0 Å². The first-order chi connectivity index (χ1) is 8.16. The first-order valence-corrected chi connectivity index (χ1v) is 8.50. The maximum Gasteiger partial charge on any atom is 0.0214 e. The lowest BCUT2D eigenvalue weighted by molar-refractivity contribution is 0.260. The summed E-state index contributed by atoms with van der Waals surface area (Å²) in [4.78, 5) is 0. The van der Waals surface area contributed by atoms with Crippen molar-refractivity contribution in [1.82, 2.24) is 0 Å². The first-order valence-electron chi connectivity index (χ1n) is 7.38. The van der Waals surface area contributed by atoms with Gasteiger partial charge in [-0.1, -0.05) is 68.6 Å². The van der Waals surface area contributed by atoms with Crippen LogP contribution in [0.2, 0.25) is 0 Å². The van der Waals surface area contributed by atoms with Gasteiger partial charge in [0.1, 0.15) is 0 Å². The van der Waals surface area contributed by atoms with Crippen molar-refractivity contribution >= 4 is 15.9 Å². The number of hydrogen-bond donors (Lipinski definition) is 0. The van der Waals surface area contributed by atoms with Crippen LogP contribution < -0.4 is 0 Å². The van der Waals surface area contributed by atoms with Gasteiger partial charge in [0.15, 0.2) is 0 Å². The third-order valence-electron chi connectivity index (χ3n) is 3.63. The molecule has 0 nitrogen and oxygen atoms in total. The molecule has 0 saturated heterocycles. The van der Waals surface area contributed by atoms with Crippen molar-refractivity contribution in [3.8, 4) is 0 Å². The van der Waals surface area contributed by atoms with E-state index in [0.717, 1.165) is 5.33 Å². The van der Waals surface area contributed by atoms with E-state index in [1.54, 1.807) is 0 Å². The zero-order chi connectivity index (χ0) is 14.2. The Morgan fingerprint density at radius 1 is 0.944 bits per heavy atom. The van der Waals surface area contributed by atoms with Crippen LogP contribution in [0.3, 0.4) is 0 Å². The van der Waals surface area contributed by atoms with Gasteiger partial charge in [-0.2, -0.15) is 0 Å². The predicted octanol–water partition coefficient (Wildman–Crippen LogP) is 6.74. The van der Waals surface area contributed by atoms with Crippen LogP contribution in [0.5, 0.6) is 0 Å². The molecule has 0 amide bonds. The van der Waals surface area contributed by atoms with Gasteiger partial charge < -0.3 is 0 Å². The summed E-state index contributed by atoms with van der Waals surface area (Å²) in [5.41, 5.74) is 2.53. The van der Waals surface area contributed by atoms with Gasteiger partial charge in [-0.15, -0.1) is 0 Å². The topological polar surface area (TPSA) is 0 Å². The molecule has 18 heavy (non-hydrogen) atoms. The molecule has 108 valence electrons. The highest BCUT2D eigenvalue weighted by atomic mass is 79.9. The van der Waals surface area contributed by atoms with Gasteiger partial charge in [0.05, 0.1) is 0 Å². The summed E-state index contributed by atoms with van der Waals surface area (Å²) < 4.78 is 0. The van der Waals surface area contributed by atoms with E-state index in [0.29, 0.717) is 10.8 Å². The van der Waals surface area contributed by atoms with Crippen molar-refractivity contribution in [3.63, 3.8) is 0 Å². The van der Waals surface area contributed by atoms with E-state index < -0.39 is 0 Å². The molecule has 0 radical (unpaired) electrons. The fraction of sp³-hybridized carbons (Fsp3) is 0.882. The highest BCUT2D eigenvalue weighted by molar-refractivity contribution is 9.09. The highest BCUT2D eigenvalue weighted by Crippen LogP contribution is 2.32. The summed E-state index contributed by atoms with van der Waals surface area (Å²) in [6, 6.07) is 0. The molecule has 0 unspecified atom stereocenters. The molecule has 0 fully saturated rings. The third-order valence-corrected chi connectivity index (χ3v) is 3.95. The lowest BCUT2D eigenvalue weighted by atomic mass is 9.79. The summed E-state index contributed by atoms with van der Waals surface area (Å²) in [5.74, 6) is 0. The summed E-state index contributed by atoms with van der Waals surface area (Å²) in [6.45, 7) is 14.1. The molecule has 0 saturated carbocycles. The van der Waals surface area contributed by atoms with E-state index >= 15 is 0 Å². The quantitative estimate of drug-likeness (QED) is 0.343. The lowest BCUT2D eigenvalue weighted by Crippen LogP contribution is -2.13. The molecule has 0 aliphatic carbocycles. The summed E-state index contributed by atoms with van der Waals surface area (Å²) in [7, 11) is 0. The van der Waals surface area contributed by atoms with Crippen LogP contribution in [-0.4, -0.2) is 5.33 Å². The van der Waals surface area contributed by atoms with Crippen molar-refractivity contribution in [3.05, 3.63) is 11.6 Å². The Morgan fingerprint density at radius 2 is 1.50 bits per heavy atom. The lowest BCUT2D eigenvalue weighted by Gasteiger charge is -2.27. The largest absolute Gasteiger partial charge is 0.0883 e. The molecule has 0 rings (SSSR count). The van der Waals surface area contributed by atoms with Crippen LogP contribution in [0.1, 0.15) is 80.1 Å². The second kappa shape index (κ2) is 8.40. The van der Waals surface area contributed by atoms with Crippen molar-refractivity contribution in [2.75, 3.05) is 5.33 Å². The monoisotopic (exact) mass is 316 g/mol. The van der Waals surface area contributed by atoms with Crippen molar-refractivity contribution < 1.29 is 0 Å². The molecule has 0 spiro atoms. The van der Waals surface area contributed by atoms with E-state index in [9.17, 15) is 0 Å². The highest BCUT2D eigenvalue weighted by Gasteiger charge is 2.18. The zero-order valence-corrected chi connectivity index (χ0v) is 15.0. The van der Waals surface area contributed by atoms with Crippen LogP contribution in [0.15, 0.2) is 11.6 Å². The van der Waals surface area contributed by atoms with Gasteiger partial charge in [-0.05, 0) is 49.9 Å². The molecular formula is C17H33Br. The van der Waals surface area contributed by atoms with Gasteiger partial charge in [0.2, 0.25) is 0 Å². The van der Waals surface area contributed by atoms with E-state index in [4.69, 9.17) is 0 Å². The molecular weight excluding hydrogens is 284 g/mol. The second-order valence-corrected chi connectivity index (χ2v) is 8.28. The van der Waals surface area contributed by atoms with Crippen LogP contribution in [0, 0.1) is 10.8 Å². The fourth-order valence-corrected chi connectivity index (χ4v) is 2.85. The van der Waals surface area contributed by atoms with E-state index in [1.165, 1.54) is 44.1 Å². The van der Waals surface area contributed by atoms with E-state index in [1.807, 2.05) is 0 Å². The minimum Gasteiger partial charge on any atom is -0.0883 e. The van der Waals surface area contributed by atoms with Gasteiger partial charge in [-0.25, -0.2) is 0 Å². The SMILES string of the molecule is C/C(=C\CBr)CCCC(C)(C)CCCC(C)(C)C. The Morgan fingerprint density at radius 3 is 2.00 bits per heavy atom. The normalized spacial score (nSPS) is 14.1. The molecule has 0 aromatic carbocycles. The molecule has 0 aliphatic heterocycles. The average molecular weight is 317 g/mol. The molecule has 0 aromatic rings. The number of allylic oxidation sites excluding steroid dienone is 2. The average Bonchev–Trinajstić information content (AvgIpc) is 2.14. The van der Waals surface area contributed by atoms with Crippen LogP contribution in [0.4, 0.5) is 0 Å². The molecule has 0 heterocycles. The van der Waals surface area contributed by atoms with Gasteiger partial charge in [-0.3, -0.25) is 0 Å². The smallest absolute Gasteiger partial charge is 0.0214 e. The van der Waals surface area contributed by atoms with Gasteiger partial charge >= 0.3 is 0 Å². The second-order valence-electron chi connectivity index (χ2n) is 7.64. The minimum absolute atomic E-state index is 0.491. The van der Waals surface area contributed by atoms with Crippen LogP contribution >= 0.6 is 15.9 Å². The number of hydrogen-bond acceptors (Lipinski definition) is 0. The van der Waals surface area contributed by atoms with Crippen LogP contribution in [-0.2, 0) is 0 Å². The first kappa shape index (κ1) is 18.2. The number of rotatable bonds is 8. The Bertz CT molecular complexity index is 243. The maximum atomic E-state index is 3.46. The van der Waals surface area contributed by atoms with Gasteiger partial charge in [0, 0.05) is 5.33 Å². The molecule has 0 aromatic heterocycles. The number of alkyl halides is 1. The predicted molar refractivity (Wildman–Crippen MR) is 88.5 cm³/mol. The summed E-state index contributed by atoms with van der Waals surface area (Å²) >= 11 is 3.46. The zero-order valence-electron chi connectivity index (χ0n) is 13.4. The van der Waals surface area contributed by atoms with Gasteiger partial charge in [0.25, 0.3) is 0 Å².